The SMILES string of the molecule is CC1(C)OB(C2=CCN(c3ccccc3F)CC2)OC1(C)C. The third-order valence-corrected chi connectivity index (χ3v) is 4.99. The van der Waals surface area contributed by atoms with Crippen molar-refractivity contribution in [3.63, 3.8) is 0 Å². The second kappa shape index (κ2) is 5.39. The molecule has 0 spiro atoms. The minimum absolute atomic E-state index is 0.171. The van der Waals surface area contributed by atoms with Crippen molar-refractivity contribution in [1.82, 2.24) is 0 Å². The molecule has 0 saturated carbocycles. The van der Waals surface area contributed by atoms with Crippen molar-refractivity contribution < 1.29 is 13.7 Å². The van der Waals surface area contributed by atoms with Crippen LogP contribution >= 0.6 is 0 Å². The van der Waals surface area contributed by atoms with Gasteiger partial charge in [0.25, 0.3) is 0 Å². The van der Waals surface area contributed by atoms with E-state index in [-0.39, 0.29) is 24.1 Å². The van der Waals surface area contributed by atoms with Crippen LogP contribution in [-0.2, 0) is 9.31 Å². The third kappa shape index (κ3) is 2.68. The summed E-state index contributed by atoms with van der Waals surface area (Å²) in [5, 5.41) is 0. The molecule has 3 rings (SSSR count). The highest BCUT2D eigenvalue weighted by Crippen LogP contribution is 2.39. The molecule has 0 unspecified atom stereocenters. The van der Waals surface area contributed by atoms with Gasteiger partial charge in [0, 0.05) is 13.1 Å². The van der Waals surface area contributed by atoms with Gasteiger partial charge in [-0.05, 0) is 51.7 Å². The van der Waals surface area contributed by atoms with Crippen LogP contribution in [0, 0.1) is 5.82 Å². The molecule has 2 aliphatic rings. The monoisotopic (exact) mass is 303 g/mol. The Balaban J connectivity index is 1.72. The molecule has 0 radical (unpaired) electrons. The van der Waals surface area contributed by atoms with Gasteiger partial charge in [0.2, 0.25) is 0 Å². The van der Waals surface area contributed by atoms with E-state index in [0.29, 0.717) is 12.2 Å². The standard InChI is InChI=1S/C17H23BFNO2/c1-16(2)17(3,4)22-18(21-16)13-9-11-20(12-10-13)15-8-6-5-7-14(15)19/h5-9H,10-12H2,1-4H3. The van der Waals surface area contributed by atoms with Gasteiger partial charge in [-0.3, -0.25) is 0 Å². The summed E-state index contributed by atoms with van der Waals surface area (Å²) >= 11 is 0. The summed E-state index contributed by atoms with van der Waals surface area (Å²) in [4.78, 5) is 2.05. The molecule has 0 aromatic heterocycles. The Morgan fingerprint density at radius 1 is 1.09 bits per heavy atom. The Hall–Kier alpha value is -1.33. The van der Waals surface area contributed by atoms with Crippen LogP contribution in [0.1, 0.15) is 34.1 Å². The number of hydrogen-bond donors (Lipinski definition) is 0. The van der Waals surface area contributed by atoms with Crippen molar-refractivity contribution in [3.05, 3.63) is 41.6 Å². The number of rotatable bonds is 2. The van der Waals surface area contributed by atoms with Gasteiger partial charge in [-0.25, -0.2) is 4.39 Å². The van der Waals surface area contributed by atoms with E-state index in [4.69, 9.17) is 9.31 Å². The van der Waals surface area contributed by atoms with Crippen molar-refractivity contribution in [2.45, 2.75) is 45.3 Å². The van der Waals surface area contributed by atoms with Crippen LogP contribution in [0.25, 0.3) is 0 Å². The molecule has 118 valence electrons. The smallest absolute Gasteiger partial charge is 0.400 e. The summed E-state index contributed by atoms with van der Waals surface area (Å²) in [6, 6.07) is 6.91. The molecule has 0 bridgehead atoms. The topological polar surface area (TPSA) is 21.7 Å². The maximum absolute atomic E-state index is 13.9. The van der Waals surface area contributed by atoms with Crippen LogP contribution in [0.2, 0.25) is 0 Å². The maximum Gasteiger partial charge on any atom is 0.490 e. The Morgan fingerprint density at radius 2 is 1.73 bits per heavy atom. The van der Waals surface area contributed by atoms with Gasteiger partial charge < -0.3 is 14.2 Å². The molecule has 0 amide bonds. The minimum Gasteiger partial charge on any atom is -0.400 e. The zero-order valence-corrected chi connectivity index (χ0v) is 13.7. The van der Waals surface area contributed by atoms with Crippen molar-refractivity contribution >= 4 is 12.8 Å². The first kappa shape index (κ1) is 15.6. The van der Waals surface area contributed by atoms with Crippen molar-refractivity contribution in [3.8, 4) is 0 Å². The molecule has 5 heteroatoms. The molecule has 22 heavy (non-hydrogen) atoms. The average Bonchev–Trinajstić information content (AvgIpc) is 2.68. The average molecular weight is 303 g/mol. The molecule has 1 saturated heterocycles. The molecule has 1 aromatic rings. The number of hydrogen-bond acceptors (Lipinski definition) is 3. The molecule has 2 heterocycles. The number of anilines is 1. The van der Waals surface area contributed by atoms with Gasteiger partial charge in [0.15, 0.2) is 0 Å². The summed E-state index contributed by atoms with van der Waals surface area (Å²) in [5.74, 6) is -0.171. The lowest BCUT2D eigenvalue weighted by Gasteiger charge is -2.32. The molecule has 2 aliphatic heterocycles. The molecular formula is C17H23BFNO2. The Kier molecular flexibility index (Phi) is 3.81. The summed E-state index contributed by atoms with van der Waals surface area (Å²) in [6.07, 6.45) is 2.93. The van der Waals surface area contributed by atoms with E-state index >= 15 is 0 Å². The first-order valence-corrected chi connectivity index (χ1v) is 7.84. The largest absolute Gasteiger partial charge is 0.490 e. The van der Waals surface area contributed by atoms with Crippen LogP contribution in [0.3, 0.4) is 0 Å². The highest BCUT2D eigenvalue weighted by atomic mass is 19.1. The molecule has 0 atom stereocenters. The summed E-state index contributed by atoms with van der Waals surface area (Å²) in [5.41, 5.74) is 1.18. The summed E-state index contributed by atoms with van der Waals surface area (Å²) in [7, 11) is -0.284. The predicted octanol–water partition coefficient (Wildman–Crippen LogP) is 3.59. The van der Waals surface area contributed by atoms with Crippen LogP contribution in [-0.4, -0.2) is 31.4 Å². The second-order valence-electron chi connectivity index (χ2n) is 7.01. The van der Waals surface area contributed by atoms with E-state index in [2.05, 4.69) is 33.8 Å². The molecule has 3 nitrogen and oxygen atoms in total. The predicted molar refractivity (Wildman–Crippen MR) is 87.4 cm³/mol. The minimum atomic E-state index is -0.318. The summed E-state index contributed by atoms with van der Waals surface area (Å²) in [6.45, 7) is 9.69. The lowest BCUT2D eigenvalue weighted by molar-refractivity contribution is 0.00578. The first-order valence-electron chi connectivity index (χ1n) is 7.84. The molecular weight excluding hydrogens is 280 g/mol. The quantitative estimate of drug-likeness (QED) is 0.779. The highest BCUT2D eigenvalue weighted by Gasteiger charge is 2.52. The van der Waals surface area contributed by atoms with E-state index in [0.717, 1.165) is 18.4 Å². The summed E-state index contributed by atoms with van der Waals surface area (Å²) < 4.78 is 26.0. The number of nitrogens with zero attached hydrogens (tertiary/aromatic N) is 1. The zero-order valence-electron chi connectivity index (χ0n) is 13.7. The van der Waals surface area contributed by atoms with Crippen LogP contribution < -0.4 is 4.90 Å². The maximum atomic E-state index is 13.9. The number of halogens is 1. The van der Waals surface area contributed by atoms with E-state index < -0.39 is 0 Å². The normalized spacial score (nSPS) is 23.6. The van der Waals surface area contributed by atoms with Gasteiger partial charge in [0.05, 0.1) is 16.9 Å². The fraction of sp³-hybridized carbons (Fsp3) is 0.529. The van der Waals surface area contributed by atoms with Gasteiger partial charge in [-0.1, -0.05) is 18.2 Å². The van der Waals surface area contributed by atoms with E-state index in [9.17, 15) is 4.39 Å². The van der Waals surface area contributed by atoms with E-state index in [1.54, 1.807) is 6.07 Å². The van der Waals surface area contributed by atoms with Gasteiger partial charge in [0.1, 0.15) is 5.82 Å². The second-order valence-corrected chi connectivity index (χ2v) is 7.01. The fourth-order valence-electron chi connectivity index (χ4n) is 2.82. The van der Waals surface area contributed by atoms with Gasteiger partial charge in [-0.15, -0.1) is 0 Å². The highest BCUT2D eigenvalue weighted by molar-refractivity contribution is 6.54. The van der Waals surface area contributed by atoms with Crippen LogP contribution in [0.4, 0.5) is 10.1 Å². The van der Waals surface area contributed by atoms with Crippen molar-refractivity contribution in [1.29, 1.82) is 0 Å². The van der Waals surface area contributed by atoms with Gasteiger partial charge in [-0.2, -0.15) is 0 Å². The van der Waals surface area contributed by atoms with Gasteiger partial charge >= 0.3 is 7.12 Å². The van der Waals surface area contributed by atoms with Crippen molar-refractivity contribution in [2.24, 2.45) is 0 Å². The zero-order chi connectivity index (χ0) is 16.0. The number of benzene rings is 1. The van der Waals surface area contributed by atoms with E-state index in [1.807, 2.05) is 17.0 Å². The van der Waals surface area contributed by atoms with Crippen LogP contribution in [0.15, 0.2) is 35.8 Å². The Labute approximate surface area is 132 Å². The molecule has 0 N–H and O–H groups in total. The van der Waals surface area contributed by atoms with Crippen LogP contribution in [0.5, 0.6) is 0 Å². The number of para-hydroxylation sites is 1. The molecule has 0 aliphatic carbocycles. The fourth-order valence-corrected chi connectivity index (χ4v) is 2.82. The molecule has 1 aromatic carbocycles. The lowest BCUT2D eigenvalue weighted by atomic mass is 9.74. The Bertz CT molecular complexity index is 584. The third-order valence-electron chi connectivity index (χ3n) is 4.99. The van der Waals surface area contributed by atoms with E-state index in [1.165, 1.54) is 6.07 Å². The molecule has 1 fully saturated rings. The Morgan fingerprint density at radius 3 is 2.27 bits per heavy atom. The first-order chi connectivity index (χ1) is 10.3. The van der Waals surface area contributed by atoms with Crippen molar-refractivity contribution in [2.75, 3.05) is 18.0 Å². The lowest BCUT2D eigenvalue weighted by Crippen LogP contribution is -2.41.